The van der Waals surface area contributed by atoms with Crippen molar-refractivity contribution in [2.24, 2.45) is 0 Å². The Labute approximate surface area is 117 Å². The number of hydrogen-bond donors (Lipinski definition) is 3. The molecule has 112 valence electrons. The molecule has 2 aromatic rings. The highest BCUT2D eigenvalue weighted by atomic mass is 19.2. The van der Waals surface area contributed by atoms with E-state index in [1.807, 2.05) is 0 Å². The summed E-state index contributed by atoms with van der Waals surface area (Å²) in [5.74, 6) is -6.64. The minimum atomic E-state index is -1.57. The molecule has 0 fully saturated rings. The van der Waals surface area contributed by atoms with Crippen molar-refractivity contribution < 1.29 is 27.8 Å². The molecule has 3 N–H and O–H groups in total. The fraction of sp³-hybridized carbons (Fsp3) is 0.143. The van der Waals surface area contributed by atoms with Crippen molar-refractivity contribution in [1.29, 1.82) is 0 Å². The van der Waals surface area contributed by atoms with Gasteiger partial charge in [-0.2, -0.15) is 0 Å². The summed E-state index contributed by atoms with van der Waals surface area (Å²) in [6.45, 7) is 1.40. The Morgan fingerprint density at radius 3 is 2.10 bits per heavy atom. The molecular weight excluding hydrogens is 290 g/mol. The highest BCUT2D eigenvalue weighted by molar-refractivity contribution is 5.51. The first-order valence-corrected chi connectivity index (χ1v) is 5.92. The summed E-state index contributed by atoms with van der Waals surface area (Å²) in [5, 5.41) is 21.2. The van der Waals surface area contributed by atoms with Crippen molar-refractivity contribution in [3.63, 3.8) is 0 Å². The number of benzene rings is 2. The predicted molar refractivity (Wildman–Crippen MR) is 68.1 cm³/mol. The van der Waals surface area contributed by atoms with Crippen molar-refractivity contribution >= 4 is 5.69 Å². The summed E-state index contributed by atoms with van der Waals surface area (Å²) in [6.07, 6.45) is 0. The second kappa shape index (κ2) is 5.51. The topological polar surface area (TPSA) is 52.5 Å². The highest BCUT2D eigenvalue weighted by Crippen LogP contribution is 2.32. The molecule has 0 bridgehead atoms. The van der Waals surface area contributed by atoms with Gasteiger partial charge in [-0.15, -0.1) is 0 Å². The van der Waals surface area contributed by atoms with Gasteiger partial charge in [-0.25, -0.2) is 17.6 Å². The van der Waals surface area contributed by atoms with E-state index in [0.29, 0.717) is 0 Å². The van der Waals surface area contributed by atoms with Crippen molar-refractivity contribution in [3.05, 3.63) is 53.1 Å². The van der Waals surface area contributed by atoms with Gasteiger partial charge in [0.15, 0.2) is 23.3 Å². The fourth-order valence-electron chi connectivity index (χ4n) is 1.88. The molecule has 0 aliphatic carbocycles. The number of halogens is 4. The van der Waals surface area contributed by atoms with Crippen LogP contribution in [0.15, 0.2) is 24.3 Å². The number of phenolic OH excluding ortho intramolecular Hbond substituents is 2. The average molecular weight is 301 g/mol. The molecule has 3 nitrogen and oxygen atoms in total. The molecule has 0 heterocycles. The third-order valence-corrected chi connectivity index (χ3v) is 2.95. The molecular formula is C14H11F4NO2. The van der Waals surface area contributed by atoms with Gasteiger partial charge in [0.25, 0.3) is 0 Å². The van der Waals surface area contributed by atoms with E-state index in [9.17, 15) is 27.8 Å². The Morgan fingerprint density at radius 1 is 0.952 bits per heavy atom. The lowest BCUT2D eigenvalue weighted by atomic mass is 10.1. The van der Waals surface area contributed by atoms with E-state index in [1.54, 1.807) is 0 Å². The van der Waals surface area contributed by atoms with Crippen LogP contribution in [0.25, 0.3) is 0 Å². The van der Waals surface area contributed by atoms with E-state index in [0.717, 1.165) is 0 Å². The second-order valence-corrected chi connectivity index (χ2v) is 4.45. The minimum Gasteiger partial charge on any atom is -0.508 e. The normalized spacial score (nSPS) is 12.2. The number of phenols is 2. The molecule has 0 saturated heterocycles. The molecule has 2 aromatic carbocycles. The van der Waals surface area contributed by atoms with Gasteiger partial charge < -0.3 is 15.5 Å². The quantitative estimate of drug-likeness (QED) is 0.459. The molecule has 7 heteroatoms. The van der Waals surface area contributed by atoms with Crippen molar-refractivity contribution in [1.82, 2.24) is 0 Å². The number of rotatable bonds is 3. The fourth-order valence-corrected chi connectivity index (χ4v) is 1.88. The van der Waals surface area contributed by atoms with Crippen LogP contribution >= 0.6 is 0 Å². The smallest absolute Gasteiger partial charge is 0.185 e. The van der Waals surface area contributed by atoms with Crippen LogP contribution in [0.2, 0.25) is 0 Å². The van der Waals surface area contributed by atoms with Crippen LogP contribution in [-0.2, 0) is 0 Å². The zero-order valence-corrected chi connectivity index (χ0v) is 10.8. The lowest BCUT2D eigenvalue weighted by molar-refractivity contribution is 0.448. The molecule has 1 atom stereocenters. The maximum Gasteiger partial charge on any atom is 0.185 e. The third-order valence-electron chi connectivity index (χ3n) is 2.95. The van der Waals surface area contributed by atoms with Gasteiger partial charge in [-0.05, 0) is 25.1 Å². The van der Waals surface area contributed by atoms with E-state index in [1.165, 1.54) is 25.1 Å². The molecule has 1 unspecified atom stereocenters. The third kappa shape index (κ3) is 2.86. The molecule has 0 aliphatic rings. The van der Waals surface area contributed by atoms with Gasteiger partial charge >= 0.3 is 0 Å². The molecule has 0 aliphatic heterocycles. The van der Waals surface area contributed by atoms with Gasteiger partial charge in [0.05, 0.1) is 6.04 Å². The molecule has 0 aromatic heterocycles. The number of hydrogen-bond acceptors (Lipinski definition) is 3. The van der Waals surface area contributed by atoms with Crippen LogP contribution < -0.4 is 5.32 Å². The lowest BCUT2D eigenvalue weighted by Gasteiger charge is -2.18. The summed E-state index contributed by atoms with van der Waals surface area (Å²) < 4.78 is 53.3. The monoisotopic (exact) mass is 301 g/mol. The van der Waals surface area contributed by atoms with Crippen LogP contribution in [-0.4, -0.2) is 10.2 Å². The standard InChI is InChI=1S/C14H11F4NO2/c1-6(8-4-7(20)2-3-11(8)21)19-14-12(17)9(15)5-10(16)13(14)18/h2-6,19-21H,1H3. The number of aromatic hydroxyl groups is 2. The summed E-state index contributed by atoms with van der Waals surface area (Å²) in [5.41, 5.74) is -0.874. The van der Waals surface area contributed by atoms with E-state index < -0.39 is 35.0 Å². The van der Waals surface area contributed by atoms with E-state index in [2.05, 4.69) is 5.32 Å². The summed E-state index contributed by atoms with van der Waals surface area (Å²) in [6, 6.07) is 2.75. The molecule has 0 saturated carbocycles. The van der Waals surface area contributed by atoms with Gasteiger partial charge in [-0.1, -0.05) is 0 Å². The zero-order chi connectivity index (χ0) is 15.7. The van der Waals surface area contributed by atoms with Crippen molar-refractivity contribution in [3.8, 4) is 11.5 Å². The van der Waals surface area contributed by atoms with Crippen LogP contribution in [0.3, 0.4) is 0 Å². The maximum absolute atomic E-state index is 13.5. The first kappa shape index (κ1) is 15.0. The Balaban J connectivity index is 2.40. The van der Waals surface area contributed by atoms with Gasteiger partial charge in [0.2, 0.25) is 0 Å². The second-order valence-electron chi connectivity index (χ2n) is 4.45. The van der Waals surface area contributed by atoms with Gasteiger partial charge in [0.1, 0.15) is 17.2 Å². The lowest BCUT2D eigenvalue weighted by Crippen LogP contribution is -2.12. The predicted octanol–water partition coefficient (Wildman–Crippen LogP) is 3.83. The Bertz CT molecular complexity index is 665. The number of anilines is 1. The Kier molecular flexibility index (Phi) is 3.93. The minimum absolute atomic E-state index is 0.104. The van der Waals surface area contributed by atoms with Crippen molar-refractivity contribution in [2.45, 2.75) is 13.0 Å². The van der Waals surface area contributed by atoms with Crippen LogP contribution in [0.5, 0.6) is 11.5 Å². The Hall–Kier alpha value is -2.44. The molecule has 0 amide bonds. The van der Waals surface area contributed by atoms with Crippen LogP contribution in [0.1, 0.15) is 18.5 Å². The first-order chi connectivity index (χ1) is 9.81. The van der Waals surface area contributed by atoms with E-state index >= 15 is 0 Å². The van der Waals surface area contributed by atoms with Crippen molar-refractivity contribution in [2.75, 3.05) is 5.32 Å². The SMILES string of the molecule is CC(Nc1c(F)c(F)cc(F)c1F)c1cc(O)ccc1O. The van der Waals surface area contributed by atoms with E-state index in [4.69, 9.17) is 0 Å². The van der Waals surface area contributed by atoms with Gasteiger partial charge in [-0.3, -0.25) is 0 Å². The van der Waals surface area contributed by atoms with E-state index in [-0.39, 0.29) is 23.1 Å². The van der Waals surface area contributed by atoms with Crippen LogP contribution in [0, 0.1) is 23.3 Å². The van der Waals surface area contributed by atoms with Gasteiger partial charge in [0, 0.05) is 11.6 Å². The van der Waals surface area contributed by atoms with Crippen LogP contribution in [0.4, 0.5) is 23.2 Å². The number of nitrogens with one attached hydrogen (secondary N) is 1. The zero-order valence-electron chi connectivity index (χ0n) is 10.8. The summed E-state index contributed by atoms with van der Waals surface area (Å²) >= 11 is 0. The Morgan fingerprint density at radius 2 is 1.52 bits per heavy atom. The maximum atomic E-state index is 13.5. The summed E-state index contributed by atoms with van der Waals surface area (Å²) in [7, 11) is 0. The molecule has 0 spiro atoms. The highest BCUT2D eigenvalue weighted by Gasteiger charge is 2.22. The first-order valence-electron chi connectivity index (χ1n) is 5.92. The molecule has 21 heavy (non-hydrogen) atoms. The molecule has 0 radical (unpaired) electrons. The summed E-state index contributed by atoms with van der Waals surface area (Å²) in [4.78, 5) is 0. The average Bonchev–Trinajstić information content (AvgIpc) is 2.43. The largest absolute Gasteiger partial charge is 0.508 e. The molecule has 2 rings (SSSR count).